The van der Waals surface area contributed by atoms with Crippen LogP contribution >= 0.6 is 0 Å². The molecule has 0 aliphatic carbocycles. The number of nitrogens with two attached hydrogens (primary N) is 1. The number of hydrogen-bond acceptors (Lipinski definition) is 4. The number of rotatable bonds is 4. The second-order valence-corrected chi connectivity index (χ2v) is 4.44. The number of hydrogen-bond donors (Lipinski definition) is 1. The highest BCUT2D eigenvalue weighted by molar-refractivity contribution is 5.40. The molecule has 4 heteroatoms. The lowest BCUT2D eigenvalue weighted by molar-refractivity contribution is 0.565. The first-order valence-electron chi connectivity index (χ1n) is 5.35. The number of nitrogens with zero attached hydrogens (tertiary/aromatic N) is 3. The summed E-state index contributed by atoms with van der Waals surface area (Å²) in [5.74, 6) is 1.96. The van der Waals surface area contributed by atoms with Crippen LogP contribution in [0, 0.1) is 5.92 Å². The van der Waals surface area contributed by atoms with Crippen LogP contribution in [0.4, 0.5) is 11.6 Å². The predicted octanol–water partition coefficient (Wildman–Crippen LogP) is 1.93. The monoisotopic (exact) mass is 208 g/mol. The maximum Gasteiger partial charge on any atom is 0.147 e. The molecular formula is C11H20N4. The van der Waals surface area contributed by atoms with Crippen molar-refractivity contribution in [1.29, 1.82) is 0 Å². The average molecular weight is 208 g/mol. The normalized spacial score (nSPS) is 11.1. The van der Waals surface area contributed by atoms with Gasteiger partial charge in [-0.2, -0.15) is 0 Å². The molecule has 0 saturated heterocycles. The molecule has 15 heavy (non-hydrogen) atoms. The van der Waals surface area contributed by atoms with E-state index in [1.54, 1.807) is 12.4 Å². The van der Waals surface area contributed by atoms with Gasteiger partial charge in [0.2, 0.25) is 0 Å². The molecule has 0 bridgehead atoms. The van der Waals surface area contributed by atoms with Gasteiger partial charge in [0.15, 0.2) is 0 Å². The molecule has 0 radical (unpaired) electrons. The van der Waals surface area contributed by atoms with Crippen molar-refractivity contribution in [2.75, 3.05) is 17.2 Å². The predicted molar refractivity (Wildman–Crippen MR) is 63.8 cm³/mol. The van der Waals surface area contributed by atoms with E-state index in [0.29, 0.717) is 17.8 Å². The van der Waals surface area contributed by atoms with Gasteiger partial charge in [-0.05, 0) is 19.8 Å². The summed E-state index contributed by atoms with van der Waals surface area (Å²) < 4.78 is 0. The molecule has 0 spiro atoms. The Balaban J connectivity index is 2.84. The largest absolute Gasteiger partial charge is 0.382 e. The van der Waals surface area contributed by atoms with E-state index in [1.807, 2.05) is 0 Å². The zero-order valence-electron chi connectivity index (χ0n) is 9.94. The summed E-state index contributed by atoms with van der Waals surface area (Å²) in [5, 5.41) is 0. The second kappa shape index (κ2) is 4.96. The van der Waals surface area contributed by atoms with Gasteiger partial charge in [-0.3, -0.25) is 0 Å². The molecule has 0 aliphatic heterocycles. The van der Waals surface area contributed by atoms with Crippen molar-refractivity contribution in [1.82, 2.24) is 9.97 Å². The maximum absolute atomic E-state index is 5.51. The van der Waals surface area contributed by atoms with Gasteiger partial charge in [-0.25, -0.2) is 9.97 Å². The first kappa shape index (κ1) is 11.8. The molecule has 1 heterocycles. The van der Waals surface area contributed by atoms with Crippen LogP contribution in [-0.2, 0) is 0 Å². The van der Waals surface area contributed by atoms with Gasteiger partial charge in [-0.1, -0.05) is 13.8 Å². The molecule has 2 N–H and O–H groups in total. The van der Waals surface area contributed by atoms with Crippen molar-refractivity contribution in [2.45, 2.75) is 33.7 Å². The van der Waals surface area contributed by atoms with Crippen LogP contribution in [0.15, 0.2) is 12.4 Å². The number of anilines is 2. The van der Waals surface area contributed by atoms with Crippen LogP contribution in [0.3, 0.4) is 0 Å². The highest BCUT2D eigenvalue weighted by Gasteiger charge is 2.13. The van der Waals surface area contributed by atoms with Gasteiger partial charge in [0.05, 0.1) is 12.4 Å². The van der Waals surface area contributed by atoms with Crippen LogP contribution in [0.5, 0.6) is 0 Å². The van der Waals surface area contributed by atoms with Crippen LogP contribution in [0.1, 0.15) is 27.7 Å². The van der Waals surface area contributed by atoms with Crippen LogP contribution in [0.25, 0.3) is 0 Å². The SMILES string of the molecule is CC(C)CN(c1cnc(N)cn1)C(C)C. The summed E-state index contributed by atoms with van der Waals surface area (Å²) in [6, 6.07) is 0.422. The lowest BCUT2D eigenvalue weighted by atomic mass is 10.2. The summed E-state index contributed by atoms with van der Waals surface area (Å²) in [4.78, 5) is 10.6. The van der Waals surface area contributed by atoms with E-state index in [1.165, 1.54) is 0 Å². The lowest BCUT2D eigenvalue weighted by Crippen LogP contribution is -2.34. The molecule has 0 fully saturated rings. The summed E-state index contributed by atoms with van der Waals surface area (Å²) in [7, 11) is 0. The Kier molecular flexibility index (Phi) is 3.88. The summed E-state index contributed by atoms with van der Waals surface area (Å²) in [6.07, 6.45) is 3.34. The highest BCUT2D eigenvalue weighted by Crippen LogP contribution is 2.15. The lowest BCUT2D eigenvalue weighted by Gasteiger charge is -2.29. The van der Waals surface area contributed by atoms with Gasteiger partial charge in [-0.15, -0.1) is 0 Å². The molecule has 1 aromatic rings. The fourth-order valence-corrected chi connectivity index (χ4v) is 1.44. The Bertz CT molecular complexity index is 292. The third-order valence-electron chi connectivity index (χ3n) is 2.14. The maximum atomic E-state index is 5.51. The average Bonchev–Trinajstić information content (AvgIpc) is 2.15. The number of nitrogen functional groups attached to an aromatic ring is 1. The first-order chi connectivity index (χ1) is 7.00. The van der Waals surface area contributed by atoms with Crippen molar-refractivity contribution in [3.8, 4) is 0 Å². The fourth-order valence-electron chi connectivity index (χ4n) is 1.44. The molecule has 0 unspecified atom stereocenters. The minimum Gasteiger partial charge on any atom is -0.382 e. The number of aromatic nitrogens is 2. The highest BCUT2D eigenvalue weighted by atomic mass is 15.2. The van der Waals surface area contributed by atoms with Crippen molar-refractivity contribution >= 4 is 11.6 Å². The standard InChI is InChI=1S/C11H20N4/c1-8(2)7-15(9(3)4)11-6-13-10(12)5-14-11/h5-6,8-9H,7H2,1-4H3,(H2,12,13). The molecule has 1 rings (SSSR count). The van der Waals surface area contributed by atoms with E-state index in [4.69, 9.17) is 5.73 Å². The quantitative estimate of drug-likeness (QED) is 0.821. The zero-order valence-corrected chi connectivity index (χ0v) is 9.94. The Morgan fingerprint density at radius 3 is 2.27 bits per heavy atom. The smallest absolute Gasteiger partial charge is 0.147 e. The Morgan fingerprint density at radius 1 is 1.20 bits per heavy atom. The van der Waals surface area contributed by atoms with Crippen LogP contribution in [0.2, 0.25) is 0 Å². The zero-order chi connectivity index (χ0) is 11.4. The molecule has 0 saturated carbocycles. The Labute approximate surface area is 91.5 Å². The molecule has 0 amide bonds. The van der Waals surface area contributed by atoms with E-state index < -0.39 is 0 Å². The van der Waals surface area contributed by atoms with Gasteiger partial charge < -0.3 is 10.6 Å². The Hall–Kier alpha value is -1.32. The van der Waals surface area contributed by atoms with Crippen molar-refractivity contribution in [2.24, 2.45) is 5.92 Å². The Morgan fingerprint density at radius 2 is 1.87 bits per heavy atom. The summed E-state index contributed by atoms with van der Waals surface area (Å²) in [5.41, 5.74) is 5.51. The topological polar surface area (TPSA) is 55.0 Å². The minimum absolute atomic E-state index is 0.422. The van der Waals surface area contributed by atoms with E-state index >= 15 is 0 Å². The molecule has 0 aliphatic rings. The van der Waals surface area contributed by atoms with Crippen molar-refractivity contribution in [3.05, 3.63) is 12.4 Å². The molecule has 1 aromatic heterocycles. The molecular weight excluding hydrogens is 188 g/mol. The third-order valence-corrected chi connectivity index (χ3v) is 2.14. The molecule has 0 aromatic carbocycles. The molecule has 4 nitrogen and oxygen atoms in total. The van der Waals surface area contributed by atoms with E-state index in [0.717, 1.165) is 12.4 Å². The molecule has 0 atom stereocenters. The summed E-state index contributed by atoms with van der Waals surface area (Å²) >= 11 is 0. The second-order valence-electron chi connectivity index (χ2n) is 4.44. The fraction of sp³-hybridized carbons (Fsp3) is 0.636. The van der Waals surface area contributed by atoms with E-state index in [-0.39, 0.29) is 0 Å². The van der Waals surface area contributed by atoms with E-state index in [2.05, 4.69) is 42.6 Å². The van der Waals surface area contributed by atoms with Crippen LogP contribution in [-0.4, -0.2) is 22.6 Å². The van der Waals surface area contributed by atoms with Gasteiger partial charge in [0, 0.05) is 12.6 Å². The van der Waals surface area contributed by atoms with Crippen LogP contribution < -0.4 is 10.6 Å². The minimum atomic E-state index is 0.422. The van der Waals surface area contributed by atoms with Gasteiger partial charge in [0.25, 0.3) is 0 Å². The first-order valence-corrected chi connectivity index (χ1v) is 5.35. The van der Waals surface area contributed by atoms with Crippen molar-refractivity contribution < 1.29 is 0 Å². The van der Waals surface area contributed by atoms with Gasteiger partial charge >= 0.3 is 0 Å². The van der Waals surface area contributed by atoms with Gasteiger partial charge in [0.1, 0.15) is 11.6 Å². The van der Waals surface area contributed by atoms with E-state index in [9.17, 15) is 0 Å². The molecule has 84 valence electrons. The van der Waals surface area contributed by atoms with Crippen molar-refractivity contribution in [3.63, 3.8) is 0 Å². The third kappa shape index (κ3) is 3.38. The summed E-state index contributed by atoms with van der Waals surface area (Å²) in [6.45, 7) is 9.68.